The van der Waals surface area contributed by atoms with Crippen molar-refractivity contribution in [3.8, 4) is 0 Å². The van der Waals surface area contributed by atoms with Gasteiger partial charge in [0.05, 0.1) is 5.92 Å². The van der Waals surface area contributed by atoms with Crippen LogP contribution in [-0.2, 0) is 15.6 Å². The summed E-state index contributed by atoms with van der Waals surface area (Å²) in [5.74, 6) is 0.673. The molecule has 0 aliphatic rings. The largest absolute Gasteiger partial charge is 0.339 e. The van der Waals surface area contributed by atoms with Crippen molar-refractivity contribution >= 4 is 9.84 Å². The fourth-order valence-electron chi connectivity index (χ4n) is 1.97. The molecule has 1 heterocycles. The van der Waals surface area contributed by atoms with E-state index in [9.17, 15) is 8.42 Å². The molecule has 0 spiro atoms. The Morgan fingerprint density at radius 1 is 1.37 bits per heavy atom. The second-order valence-electron chi connectivity index (χ2n) is 4.88. The molecule has 0 aliphatic heterocycles. The summed E-state index contributed by atoms with van der Waals surface area (Å²) in [6.45, 7) is 7.17. The average Bonchev–Trinajstić information content (AvgIpc) is 2.73. The normalized spacial score (nSPS) is 15.4. The van der Waals surface area contributed by atoms with Gasteiger partial charge in [-0.1, -0.05) is 19.0 Å². The number of rotatable bonds is 8. The monoisotopic (exact) mass is 289 g/mol. The van der Waals surface area contributed by atoms with E-state index in [1.165, 1.54) is 0 Å². The fourth-order valence-corrected chi connectivity index (χ4v) is 2.55. The van der Waals surface area contributed by atoms with Crippen LogP contribution in [0.15, 0.2) is 4.52 Å². The second kappa shape index (κ2) is 7.00. The van der Waals surface area contributed by atoms with Crippen molar-refractivity contribution in [1.29, 1.82) is 0 Å². The summed E-state index contributed by atoms with van der Waals surface area (Å²) in [7, 11) is -3.13. The van der Waals surface area contributed by atoms with Gasteiger partial charge in [-0.15, -0.1) is 0 Å². The maximum absolute atomic E-state index is 11.2. The Labute approximate surface area is 114 Å². The SMILES string of the molecule is CCCNC(C)C(CC)c1nc(CS(C)(=O)=O)no1. The highest BCUT2D eigenvalue weighted by Gasteiger charge is 2.24. The molecule has 0 amide bonds. The van der Waals surface area contributed by atoms with Crippen molar-refractivity contribution in [2.24, 2.45) is 0 Å². The smallest absolute Gasteiger partial charge is 0.231 e. The minimum Gasteiger partial charge on any atom is -0.339 e. The molecule has 0 fully saturated rings. The molecule has 0 bridgehead atoms. The molecule has 0 radical (unpaired) electrons. The third-order valence-electron chi connectivity index (χ3n) is 2.95. The number of hydrogen-bond acceptors (Lipinski definition) is 6. The summed E-state index contributed by atoms with van der Waals surface area (Å²) >= 11 is 0. The molecule has 1 rings (SSSR count). The Hall–Kier alpha value is -0.950. The van der Waals surface area contributed by atoms with Crippen molar-refractivity contribution in [2.75, 3.05) is 12.8 Å². The van der Waals surface area contributed by atoms with Crippen LogP contribution >= 0.6 is 0 Å². The average molecular weight is 289 g/mol. The predicted octanol–water partition coefficient (Wildman–Crippen LogP) is 1.50. The van der Waals surface area contributed by atoms with Crippen LogP contribution in [0.5, 0.6) is 0 Å². The summed E-state index contributed by atoms with van der Waals surface area (Å²) in [4.78, 5) is 4.20. The van der Waals surface area contributed by atoms with Gasteiger partial charge in [0.1, 0.15) is 5.75 Å². The number of nitrogens with one attached hydrogen (secondary N) is 1. The topological polar surface area (TPSA) is 85.1 Å². The zero-order chi connectivity index (χ0) is 14.5. The molecule has 6 nitrogen and oxygen atoms in total. The Morgan fingerprint density at radius 3 is 2.58 bits per heavy atom. The van der Waals surface area contributed by atoms with Crippen LogP contribution in [0.1, 0.15) is 51.2 Å². The summed E-state index contributed by atoms with van der Waals surface area (Å²) < 4.78 is 27.6. The van der Waals surface area contributed by atoms with Crippen molar-refractivity contribution in [1.82, 2.24) is 15.5 Å². The lowest BCUT2D eigenvalue weighted by Crippen LogP contribution is -2.32. The van der Waals surface area contributed by atoms with Gasteiger partial charge in [-0.3, -0.25) is 0 Å². The highest BCUT2D eigenvalue weighted by Crippen LogP contribution is 2.22. The van der Waals surface area contributed by atoms with Gasteiger partial charge in [0.2, 0.25) is 5.89 Å². The summed E-state index contributed by atoms with van der Waals surface area (Å²) in [6.07, 6.45) is 3.08. The molecule has 7 heteroatoms. The molecule has 1 N–H and O–H groups in total. The summed E-state index contributed by atoms with van der Waals surface area (Å²) in [5.41, 5.74) is 0. The molecular formula is C12H23N3O3S. The Balaban J connectivity index is 2.76. The van der Waals surface area contributed by atoms with E-state index >= 15 is 0 Å². The Bertz CT molecular complexity index is 484. The number of nitrogens with zero attached hydrogens (tertiary/aromatic N) is 2. The van der Waals surface area contributed by atoms with E-state index in [0.29, 0.717) is 5.89 Å². The summed E-state index contributed by atoms with van der Waals surface area (Å²) in [5, 5.41) is 7.13. The highest BCUT2D eigenvalue weighted by molar-refractivity contribution is 7.89. The third-order valence-corrected chi connectivity index (χ3v) is 3.73. The maximum atomic E-state index is 11.2. The van der Waals surface area contributed by atoms with Crippen LogP contribution in [0, 0.1) is 0 Å². The molecule has 1 aromatic rings. The van der Waals surface area contributed by atoms with E-state index < -0.39 is 9.84 Å². The van der Waals surface area contributed by atoms with Gasteiger partial charge in [-0.2, -0.15) is 4.98 Å². The van der Waals surface area contributed by atoms with Crippen LogP contribution in [0.4, 0.5) is 0 Å². The number of sulfone groups is 1. The molecule has 1 aromatic heterocycles. The summed E-state index contributed by atoms with van der Waals surface area (Å²) in [6, 6.07) is 0.219. The van der Waals surface area contributed by atoms with E-state index in [1.807, 2.05) is 0 Å². The minimum atomic E-state index is -3.13. The van der Waals surface area contributed by atoms with Crippen molar-refractivity contribution in [3.63, 3.8) is 0 Å². The van der Waals surface area contributed by atoms with Gasteiger partial charge < -0.3 is 9.84 Å². The molecule has 0 aromatic carbocycles. The van der Waals surface area contributed by atoms with Gasteiger partial charge in [-0.05, 0) is 26.3 Å². The van der Waals surface area contributed by atoms with Gasteiger partial charge in [0, 0.05) is 12.3 Å². The molecule has 0 aliphatic carbocycles. The first-order valence-electron chi connectivity index (χ1n) is 6.61. The molecule has 2 atom stereocenters. The van der Waals surface area contributed by atoms with Crippen LogP contribution in [0.25, 0.3) is 0 Å². The van der Waals surface area contributed by atoms with Crippen molar-refractivity contribution < 1.29 is 12.9 Å². The van der Waals surface area contributed by atoms with Gasteiger partial charge >= 0.3 is 0 Å². The zero-order valence-electron chi connectivity index (χ0n) is 12.0. The maximum Gasteiger partial charge on any atom is 0.231 e. The number of hydrogen-bond donors (Lipinski definition) is 1. The fraction of sp³-hybridized carbons (Fsp3) is 0.833. The molecule has 2 unspecified atom stereocenters. The van der Waals surface area contributed by atoms with Crippen LogP contribution in [-0.4, -0.2) is 37.4 Å². The Morgan fingerprint density at radius 2 is 2.05 bits per heavy atom. The highest BCUT2D eigenvalue weighted by atomic mass is 32.2. The zero-order valence-corrected chi connectivity index (χ0v) is 12.8. The van der Waals surface area contributed by atoms with Crippen LogP contribution in [0.2, 0.25) is 0 Å². The van der Waals surface area contributed by atoms with Gasteiger partial charge in [0.25, 0.3) is 0 Å². The first-order chi connectivity index (χ1) is 8.87. The standard InChI is InChI=1S/C12H23N3O3S/c1-5-7-13-9(3)10(6-2)12-14-11(15-18-12)8-19(4,16)17/h9-10,13H,5-8H2,1-4H3. The lowest BCUT2D eigenvalue weighted by molar-refractivity contribution is 0.314. The molecule has 0 saturated carbocycles. The molecule has 110 valence electrons. The first kappa shape index (κ1) is 16.1. The van der Waals surface area contributed by atoms with Crippen LogP contribution in [0.3, 0.4) is 0 Å². The van der Waals surface area contributed by atoms with E-state index in [-0.39, 0.29) is 23.5 Å². The molecule has 0 saturated heterocycles. The molecule has 19 heavy (non-hydrogen) atoms. The quantitative estimate of drug-likeness (QED) is 0.780. The van der Waals surface area contributed by atoms with E-state index in [0.717, 1.165) is 25.6 Å². The lowest BCUT2D eigenvalue weighted by atomic mass is 9.98. The minimum absolute atomic E-state index is 0.104. The number of aromatic nitrogens is 2. The van der Waals surface area contributed by atoms with E-state index in [2.05, 4.69) is 36.2 Å². The molecular weight excluding hydrogens is 266 g/mol. The van der Waals surface area contributed by atoms with E-state index in [4.69, 9.17) is 4.52 Å². The van der Waals surface area contributed by atoms with Gasteiger partial charge in [-0.25, -0.2) is 8.42 Å². The van der Waals surface area contributed by atoms with Crippen molar-refractivity contribution in [3.05, 3.63) is 11.7 Å². The first-order valence-corrected chi connectivity index (χ1v) is 8.67. The predicted molar refractivity (Wildman–Crippen MR) is 73.6 cm³/mol. The Kier molecular flexibility index (Phi) is 5.93. The second-order valence-corrected chi connectivity index (χ2v) is 7.02. The van der Waals surface area contributed by atoms with E-state index in [1.54, 1.807) is 0 Å². The van der Waals surface area contributed by atoms with Gasteiger partial charge in [0.15, 0.2) is 15.7 Å². The van der Waals surface area contributed by atoms with Crippen LogP contribution < -0.4 is 5.32 Å². The lowest BCUT2D eigenvalue weighted by Gasteiger charge is -2.20. The third kappa shape index (κ3) is 5.28. The van der Waals surface area contributed by atoms with Crippen molar-refractivity contribution in [2.45, 2.75) is 51.3 Å².